The fraction of sp³-hybridized carbons (Fsp3) is 0.688. The fourth-order valence-electron chi connectivity index (χ4n) is 2.77. The Kier molecular flexibility index (Phi) is 3.96. The third-order valence-electron chi connectivity index (χ3n) is 4.40. The van der Waals surface area contributed by atoms with Gasteiger partial charge in [0.2, 0.25) is 0 Å². The van der Waals surface area contributed by atoms with E-state index in [0.717, 1.165) is 31.4 Å². The second kappa shape index (κ2) is 5.24. The average Bonchev–Trinajstić information content (AvgIpc) is 2.70. The zero-order valence-electron chi connectivity index (χ0n) is 12.9. The Labute approximate surface area is 120 Å². The summed E-state index contributed by atoms with van der Waals surface area (Å²) in [7, 11) is 0. The van der Waals surface area contributed by atoms with E-state index < -0.39 is 5.60 Å². The Morgan fingerprint density at radius 3 is 2.40 bits per heavy atom. The van der Waals surface area contributed by atoms with Crippen LogP contribution in [-0.2, 0) is 0 Å². The maximum atomic E-state index is 12.1. The third kappa shape index (κ3) is 3.42. The monoisotopic (exact) mass is 279 g/mol. The number of nitrogens with one attached hydrogen (secondary N) is 1. The second-order valence-corrected chi connectivity index (χ2v) is 6.90. The van der Waals surface area contributed by atoms with Gasteiger partial charge in [0.05, 0.1) is 11.2 Å². The van der Waals surface area contributed by atoms with E-state index in [1.807, 2.05) is 6.92 Å². The lowest BCUT2D eigenvalue weighted by molar-refractivity contribution is -0.0233. The van der Waals surface area contributed by atoms with Crippen LogP contribution in [0.25, 0.3) is 0 Å². The van der Waals surface area contributed by atoms with E-state index in [-0.39, 0.29) is 5.91 Å². The van der Waals surface area contributed by atoms with Gasteiger partial charge in [-0.1, -0.05) is 13.8 Å². The molecule has 0 saturated heterocycles. The first kappa shape index (κ1) is 15.1. The van der Waals surface area contributed by atoms with Crippen molar-refractivity contribution in [1.82, 2.24) is 5.32 Å². The molecule has 4 nitrogen and oxygen atoms in total. The van der Waals surface area contributed by atoms with Gasteiger partial charge in [-0.15, -0.1) is 0 Å². The molecule has 0 radical (unpaired) electrons. The van der Waals surface area contributed by atoms with E-state index in [2.05, 4.69) is 19.2 Å². The minimum absolute atomic E-state index is 0.169. The van der Waals surface area contributed by atoms with Gasteiger partial charge in [-0.25, -0.2) is 0 Å². The Morgan fingerprint density at radius 2 is 1.90 bits per heavy atom. The highest BCUT2D eigenvalue weighted by molar-refractivity contribution is 5.95. The highest BCUT2D eigenvalue weighted by Crippen LogP contribution is 2.39. The number of carbonyl (C=O) groups is 1. The Morgan fingerprint density at radius 1 is 1.30 bits per heavy atom. The minimum Gasteiger partial charge on any atom is -0.466 e. The normalized spacial score (nSPS) is 20.6. The van der Waals surface area contributed by atoms with Gasteiger partial charge in [0.1, 0.15) is 11.5 Å². The van der Waals surface area contributed by atoms with E-state index in [4.69, 9.17) is 4.42 Å². The lowest BCUT2D eigenvalue weighted by atomic mass is 9.71. The molecule has 20 heavy (non-hydrogen) atoms. The van der Waals surface area contributed by atoms with Crippen LogP contribution in [0, 0.1) is 19.3 Å². The Balaban J connectivity index is 1.92. The number of furan rings is 1. The molecule has 0 bridgehead atoms. The van der Waals surface area contributed by atoms with Crippen LogP contribution in [0.2, 0.25) is 0 Å². The molecule has 1 aliphatic rings. The number of aryl methyl sites for hydroxylation is 2. The lowest BCUT2D eigenvalue weighted by Crippen LogP contribution is -2.46. The average molecular weight is 279 g/mol. The molecular formula is C16H25NO3. The molecule has 0 unspecified atom stereocenters. The van der Waals surface area contributed by atoms with Crippen LogP contribution >= 0.6 is 0 Å². The fourth-order valence-corrected chi connectivity index (χ4v) is 2.77. The number of amides is 1. The van der Waals surface area contributed by atoms with Crippen LogP contribution in [0.15, 0.2) is 10.5 Å². The molecular weight excluding hydrogens is 254 g/mol. The molecule has 1 fully saturated rings. The number of hydrogen-bond donors (Lipinski definition) is 2. The van der Waals surface area contributed by atoms with Gasteiger partial charge >= 0.3 is 0 Å². The molecule has 112 valence electrons. The molecule has 4 heteroatoms. The summed E-state index contributed by atoms with van der Waals surface area (Å²) in [4.78, 5) is 12.1. The smallest absolute Gasteiger partial charge is 0.254 e. The molecule has 1 aromatic rings. The Bertz CT molecular complexity index is 492. The summed E-state index contributed by atoms with van der Waals surface area (Å²) in [5.74, 6) is 1.18. The first-order valence-corrected chi connectivity index (χ1v) is 7.28. The molecule has 1 aromatic heterocycles. The summed E-state index contributed by atoms with van der Waals surface area (Å²) < 4.78 is 5.36. The zero-order valence-corrected chi connectivity index (χ0v) is 12.9. The van der Waals surface area contributed by atoms with Gasteiger partial charge in [-0.3, -0.25) is 4.79 Å². The van der Waals surface area contributed by atoms with Crippen LogP contribution in [0.3, 0.4) is 0 Å². The first-order valence-electron chi connectivity index (χ1n) is 7.28. The van der Waals surface area contributed by atoms with Crippen molar-refractivity contribution in [3.05, 3.63) is 23.2 Å². The topological polar surface area (TPSA) is 62.5 Å². The maximum Gasteiger partial charge on any atom is 0.254 e. The van der Waals surface area contributed by atoms with Crippen molar-refractivity contribution in [2.45, 2.75) is 59.0 Å². The summed E-state index contributed by atoms with van der Waals surface area (Å²) >= 11 is 0. The van der Waals surface area contributed by atoms with Crippen LogP contribution in [0.5, 0.6) is 0 Å². The van der Waals surface area contributed by atoms with Crippen LogP contribution in [0.1, 0.15) is 61.4 Å². The van der Waals surface area contributed by atoms with Crippen molar-refractivity contribution in [2.75, 3.05) is 6.54 Å². The maximum absolute atomic E-state index is 12.1. The highest BCUT2D eigenvalue weighted by atomic mass is 16.3. The molecule has 2 N–H and O–H groups in total. The molecule has 1 heterocycles. The van der Waals surface area contributed by atoms with Crippen molar-refractivity contribution in [2.24, 2.45) is 5.41 Å². The second-order valence-electron chi connectivity index (χ2n) is 6.90. The van der Waals surface area contributed by atoms with Gasteiger partial charge < -0.3 is 14.8 Å². The van der Waals surface area contributed by atoms with Crippen molar-refractivity contribution in [3.63, 3.8) is 0 Å². The lowest BCUT2D eigenvalue weighted by Gasteiger charge is -2.40. The summed E-state index contributed by atoms with van der Waals surface area (Å²) in [6.07, 6.45) is 3.46. The van der Waals surface area contributed by atoms with Crippen molar-refractivity contribution in [1.29, 1.82) is 0 Å². The third-order valence-corrected chi connectivity index (χ3v) is 4.40. The summed E-state index contributed by atoms with van der Waals surface area (Å²) in [5.41, 5.74) is 0.0917. The Hall–Kier alpha value is -1.29. The van der Waals surface area contributed by atoms with Crippen molar-refractivity contribution < 1.29 is 14.3 Å². The zero-order chi connectivity index (χ0) is 15.0. The number of carbonyl (C=O) groups excluding carboxylic acids is 1. The molecule has 1 amide bonds. The standard InChI is InChI=1S/C16H25NO3/c1-11-9-13(12(2)20-11)14(18)17-10-16(19)7-5-15(3,4)6-8-16/h9,19H,5-8,10H2,1-4H3,(H,17,18). The van der Waals surface area contributed by atoms with E-state index in [1.165, 1.54) is 0 Å². The SMILES string of the molecule is Cc1cc(C(=O)NCC2(O)CCC(C)(C)CC2)c(C)o1. The quantitative estimate of drug-likeness (QED) is 0.894. The largest absolute Gasteiger partial charge is 0.466 e. The summed E-state index contributed by atoms with van der Waals surface area (Å²) in [6, 6.07) is 1.73. The first-order chi connectivity index (χ1) is 9.21. The molecule has 1 saturated carbocycles. The predicted octanol–water partition coefficient (Wildman–Crippen LogP) is 2.96. The van der Waals surface area contributed by atoms with E-state index in [9.17, 15) is 9.90 Å². The van der Waals surface area contributed by atoms with E-state index in [0.29, 0.717) is 23.3 Å². The van der Waals surface area contributed by atoms with Gasteiger partial charge in [0.15, 0.2) is 0 Å². The van der Waals surface area contributed by atoms with Crippen LogP contribution in [0.4, 0.5) is 0 Å². The van der Waals surface area contributed by atoms with Gasteiger partial charge in [-0.2, -0.15) is 0 Å². The highest BCUT2D eigenvalue weighted by Gasteiger charge is 2.36. The number of rotatable bonds is 3. The molecule has 0 aliphatic heterocycles. The van der Waals surface area contributed by atoms with E-state index >= 15 is 0 Å². The van der Waals surface area contributed by atoms with Crippen molar-refractivity contribution in [3.8, 4) is 0 Å². The minimum atomic E-state index is -0.766. The van der Waals surface area contributed by atoms with Gasteiger partial charge in [-0.05, 0) is 51.0 Å². The molecule has 0 atom stereocenters. The van der Waals surface area contributed by atoms with E-state index in [1.54, 1.807) is 13.0 Å². The molecule has 2 rings (SSSR count). The van der Waals surface area contributed by atoms with Crippen molar-refractivity contribution >= 4 is 5.91 Å². The van der Waals surface area contributed by atoms with Crippen LogP contribution in [-0.4, -0.2) is 23.2 Å². The molecule has 0 aromatic carbocycles. The van der Waals surface area contributed by atoms with Crippen LogP contribution < -0.4 is 5.32 Å². The predicted molar refractivity (Wildman–Crippen MR) is 77.7 cm³/mol. The summed E-state index contributed by atoms with van der Waals surface area (Å²) in [6.45, 7) is 8.36. The number of hydrogen-bond acceptors (Lipinski definition) is 3. The molecule has 0 spiro atoms. The van der Waals surface area contributed by atoms with Gasteiger partial charge in [0, 0.05) is 6.54 Å². The summed E-state index contributed by atoms with van der Waals surface area (Å²) in [5, 5.41) is 13.4. The van der Waals surface area contributed by atoms with Gasteiger partial charge in [0.25, 0.3) is 5.91 Å². The number of aliphatic hydroxyl groups is 1. The molecule has 1 aliphatic carbocycles.